The van der Waals surface area contributed by atoms with Crippen LogP contribution < -0.4 is 10.6 Å². The monoisotopic (exact) mass is 513 g/mol. The molecule has 0 bridgehead atoms. The molecule has 29 heavy (non-hydrogen) atoms. The Labute approximate surface area is 192 Å². The number of nitrogens with one attached hydrogen (secondary N) is 2. The first-order valence-electron chi connectivity index (χ1n) is 10.8. The van der Waals surface area contributed by atoms with E-state index in [9.17, 15) is 4.79 Å². The zero-order valence-electron chi connectivity index (χ0n) is 17.6. The molecular weight excluding hydrogens is 477 g/mol. The Kier molecular flexibility index (Phi) is 10.8. The van der Waals surface area contributed by atoms with Crippen LogP contribution >= 0.6 is 24.0 Å². The van der Waals surface area contributed by atoms with Crippen molar-refractivity contribution in [3.8, 4) is 0 Å². The van der Waals surface area contributed by atoms with Crippen LogP contribution in [0.25, 0.3) is 0 Å². The van der Waals surface area contributed by atoms with Crippen molar-refractivity contribution in [3.63, 3.8) is 0 Å². The van der Waals surface area contributed by atoms with E-state index in [2.05, 4.69) is 52.8 Å². The molecule has 2 heterocycles. The van der Waals surface area contributed by atoms with Crippen molar-refractivity contribution in [2.45, 2.75) is 51.6 Å². The quantitative estimate of drug-likeness (QED) is 0.243. The van der Waals surface area contributed by atoms with E-state index in [0.717, 1.165) is 83.9 Å². The third-order valence-corrected chi connectivity index (χ3v) is 5.55. The van der Waals surface area contributed by atoms with Gasteiger partial charge in [-0.1, -0.05) is 30.3 Å². The highest BCUT2D eigenvalue weighted by Crippen LogP contribution is 2.14. The molecule has 1 aromatic rings. The molecule has 0 unspecified atom stereocenters. The Morgan fingerprint density at radius 2 is 1.93 bits per heavy atom. The standard InChI is InChI=1S/C22H35N5O.HI/c1-2-23-22(24-13-7-15-27-14-6-10-21(27)28)25-20-11-16-26(17-12-20)18-19-8-4-3-5-9-19;/h3-5,8-9,20H,2,6-7,10-18H2,1H3,(H2,23,24,25);1H. The summed E-state index contributed by atoms with van der Waals surface area (Å²) in [5.74, 6) is 1.22. The van der Waals surface area contributed by atoms with E-state index in [0.29, 0.717) is 11.9 Å². The number of likely N-dealkylation sites (tertiary alicyclic amines) is 2. The number of nitrogens with zero attached hydrogens (tertiary/aromatic N) is 3. The van der Waals surface area contributed by atoms with Crippen molar-refractivity contribution in [3.05, 3.63) is 35.9 Å². The van der Waals surface area contributed by atoms with Crippen LogP contribution in [-0.4, -0.2) is 67.0 Å². The minimum atomic E-state index is 0. The van der Waals surface area contributed by atoms with Crippen LogP contribution in [0.5, 0.6) is 0 Å². The molecule has 0 aliphatic carbocycles. The minimum Gasteiger partial charge on any atom is -0.357 e. The number of aliphatic imine (C=N–C) groups is 1. The van der Waals surface area contributed by atoms with Gasteiger partial charge in [-0.3, -0.25) is 14.7 Å². The van der Waals surface area contributed by atoms with Gasteiger partial charge >= 0.3 is 0 Å². The van der Waals surface area contributed by atoms with Gasteiger partial charge in [0.2, 0.25) is 5.91 Å². The summed E-state index contributed by atoms with van der Waals surface area (Å²) in [6.07, 6.45) is 4.93. The van der Waals surface area contributed by atoms with Crippen molar-refractivity contribution >= 4 is 35.8 Å². The van der Waals surface area contributed by atoms with Gasteiger partial charge in [-0.15, -0.1) is 24.0 Å². The number of piperidine rings is 1. The first-order valence-corrected chi connectivity index (χ1v) is 10.8. The van der Waals surface area contributed by atoms with Gasteiger partial charge in [0.15, 0.2) is 5.96 Å². The Morgan fingerprint density at radius 1 is 1.17 bits per heavy atom. The Bertz CT molecular complexity index is 631. The van der Waals surface area contributed by atoms with Gasteiger partial charge in [-0.2, -0.15) is 0 Å². The normalized spacial score (nSPS) is 18.6. The number of carbonyl (C=O) groups excluding carboxylic acids is 1. The van der Waals surface area contributed by atoms with Gasteiger partial charge in [0.25, 0.3) is 0 Å². The molecule has 0 aromatic heterocycles. The topological polar surface area (TPSA) is 60.0 Å². The molecule has 2 aliphatic rings. The van der Waals surface area contributed by atoms with Crippen LogP contribution in [-0.2, 0) is 11.3 Å². The molecule has 0 atom stereocenters. The molecule has 3 rings (SSSR count). The highest BCUT2D eigenvalue weighted by molar-refractivity contribution is 14.0. The van der Waals surface area contributed by atoms with E-state index in [1.165, 1.54) is 5.56 Å². The number of rotatable bonds is 8. The maximum Gasteiger partial charge on any atom is 0.222 e. The van der Waals surface area contributed by atoms with Crippen molar-refractivity contribution < 1.29 is 4.79 Å². The van der Waals surface area contributed by atoms with Gasteiger partial charge < -0.3 is 15.5 Å². The fourth-order valence-corrected chi connectivity index (χ4v) is 3.98. The maximum absolute atomic E-state index is 11.7. The van der Waals surface area contributed by atoms with E-state index >= 15 is 0 Å². The second-order valence-corrected chi connectivity index (χ2v) is 7.78. The zero-order valence-corrected chi connectivity index (χ0v) is 19.9. The van der Waals surface area contributed by atoms with E-state index < -0.39 is 0 Å². The summed E-state index contributed by atoms with van der Waals surface area (Å²) >= 11 is 0. The maximum atomic E-state index is 11.7. The third-order valence-electron chi connectivity index (χ3n) is 5.55. The minimum absolute atomic E-state index is 0. The molecule has 1 aromatic carbocycles. The van der Waals surface area contributed by atoms with Crippen molar-refractivity contribution in [2.75, 3.05) is 39.3 Å². The number of halogens is 1. The lowest BCUT2D eigenvalue weighted by Gasteiger charge is -2.33. The summed E-state index contributed by atoms with van der Waals surface area (Å²) in [4.78, 5) is 20.9. The second-order valence-electron chi connectivity index (χ2n) is 7.78. The van der Waals surface area contributed by atoms with Gasteiger partial charge in [0, 0.05) is 58.3 Å². The van der Waals surface area contributed by atoms with E-state index in [1.54, 1.807) is 0 Å². The van der Waals surface area contributed by atoms with Gasteiger partial charge in [0.1, 0.15) is 0 Å². The van der Waals surface area contributed by atoms with Crippen molar-refractivity contribution in [2.24, 2.45) is 4.99 Å². The number of benzene rings is 1. The van der Waals surface area contributed by atoms with Crippen LogP contribution in [0.2, 0.25) is 0 Å². The predicted molar refractivity (Wildman–Crippen MR) is 130 cm³/mol. The number of guanidine groups is 1. The molecule has 0 saturated carbocycles. The first-order chi connectivity index (χ1) is 13.7. The molecule has 6 nitrogen and oxygen atoms in total. The summed E-state index contributed by atoms with van der Waals surface area (Å²) in [6, 6.07) is 11.2. The summed E-state index contributed by atoms with van der Waals surface area (Å²) in [5, 5.41) is 6.97. The summed E-state index contributed by atoms with van der Waals surface area (Å²) in [7, 11) is 0. The number of amides is 1. The van der Waals surface area contributed by atoms with Crippen LogP contribution in [0.1, 0.15) is 44.6 Å². The van der Waals surface area contributed by atoms with E-state index in [-0.39, 0.29) is 24.0 Å². The zero-order chi connectivity index (χ0) is 19.6. The number of hydrogen-bond donors (Lipinski definition) is 2. The highest BCUT2D eigenvalue weighted by Gasteiger charge is 2.21. The predicted octanol–water partition coefficient (Wildman–Crippen LogP) is 2.84. The van der Waals surface area contributed by atoms with E-state index in [4.69, 9.17) is 4.99 Å². The van der Waals surface area contributed by atoms with Crippen LogP contribution in [0, 0.1) is 0 Å². The highest BCUT2D eigenvalue weighted by atomic mass is 127. The van der Waals surface area contributed by atoms with Crippen LogP contribution in [0.4, 0.5) is 0 Å². The van der Waals surface area contributed by atoms with Crippen molar-refractivity contribution in [1.29, 1.82) is 0 Å². The Morgan fingerprint density at radius 3 is 2.59 bits per heavy atom. The second kappa shape index (κ2) is 13.1. The largest absolute Gasteiger partial charge is 0.357 e. The molecule has 2 aliphatic heterocycles. The molecule has 7 heteroatoms. The molecule has 2 N–H and O–H groups in total. The van der Waals surface area contributed by atoms with Crippen LogP contribution in [0.15, 0.2) is 35.3 Å². The lowest BCUT2D eigenvalue weighted by atomic mass is 10.0. The molecule has 1 amide bonds. The molecule has 0 radical (unpaired) electrons. The molecule has 2 saturated heterocycles. The summed E-state index contributed by atoms with van der Waals surface area (Å²) in [6.45, 7) is 8.74. The third kappa shape index (κ3) is 8.12. The smallest absolute Gasteiger partial charge is 0.222 e. The summed E-state index contributed by atoms with van der Waals surface area (Å²) in [5.41, 5.74) is 1.39. The average Bonchev–Trinajstić information content (AvgIpc) is 3.12. The molecule has 0 spiro atoms. The Hall–Kier alpha value is -1.35. The molecular formula is C22H36IN5O. The lowest BCUT2D eigenvalue weighted by molar-refractivity contribution is -0.127. The van der Waals surface area contributed by atoms with Gasteiger partial charge in [-0.25, -0.2) is 0 Å². The molecule has 2 fully saturated rings. The van der Waals surface area contributed by atoms with E-state index in [1.807, 2.05) is 4.90 Å². The molecule has 162 valence electrons. The summed E-state index contributed by atoms with van der Waals surface area (Å²) < 4.78 is 0. The number of hydrogen-bond acceptors (Lipinski definition) is 3. The van der Waals surface area contributed by atoms with Crippen LogP contribution in [0.3, 0.4) is 0 Å². The Balaban J connectivity index is 0.00000300. The lowest BCUT2D eigenvalue weighted by Crippen LogP contribution is -2.48. The SMILES string of the molecule is CCNC(=NCCCN1CCCC1=O)NC1CCN(Cc2ccccc2)CC1.I. The van der Waals surface area contributed by atoms with Crippen molar-refractivity contribution in [1.82, 2.24) is 20.4 Å². The number of carbonyl (C=O) groups is 1. The first kappa shape index (κ1) is 23.9. The average molecular weight is 513 g/mol. The van der Waals surface area contributed by atoms with Gasteiger partial charge in [0.05, 0.1) is 0 Å². The fraction of sp³-hybridized carbons (Fsp3) is 0.636. The van der Waals surface area contributed by atoms with Gasteiger partial charge in [-0.05, 0) is 38.2 Å². The fourth-order valence-electron chi connectivity index (χ4n) is 3.98.